The Balaban J connectivity index is 2.08. The molecule has 0 saturated carbocycles. The number of ether oxygens (including phenoxy) is 1. The van der Waals surface area contributed by atoms with Crippen molar-refractivity contribution in [3.63, 3.8) is 0 Å². The Hall–Kier alpha value is -1.22. The van der Waals surface area contributed by atoms with E-state index in [1.807, 2.05) is 43.0 Å². The first kappa shape index (κ1) is 16.2. The third-order valence-electron chi connectivity index (χ3n) is 3.76. The van der Waals surface area contributed by atoms with Crippen LogP contribution < -0.4 is 4.74 Å². The van der Waals surface area contributed by atoms with Gasteiger partial charge in [-0.15, -0.1) is 11.6 Å². The average molecular weight is 310 g/mol. The van der Waals surface area contributed by atoms with E-state index in [-0.39, 0.29) is 12.0 Å². The molecule has 0 spiro atoms. The molecule has 0 N–H and O–H groups in total. The molecule has 1 amide bonds. The summed E-state index contributed by atoms with van der Waals surface area (Å²) in [6.07, 6.45) is 4.24. The number of nitrogens with zero attached hydrogens (tertiary/aromatic N) is 1. The topological polar surface area (TPSA) is 29.5 Å². The molecule has 1 aliphatic rings. The second-order valence-electron chi connectivity index (χ2n) is 5.82. The second-order valence-corrected chi connectivity index (χ2v) is 6.20. The molecule has 0 radical (unpaired) electrons. The Morgan fingerprint density at radius 3 is 3.00 bits per heavy atom. The van der Waals surface area contributed by atoms with Crippen molar-refractivity contribution < 1.29 is 9.53 Å². The predicted molar refractivity (Wildman–Crippen MR) is 86.2 cm³/mol. The van der Waals surface area contributed by atoms with Crippen molar-refractivity contribution in [2.45, 2.75) is 51.7 Å². The Kier molecular flexibility index (Phi) is 5.92. The molecule has 3 nitrogen and oxygen atoms in total. The molecule has 21 heavy (non-hydrogen) atoms. The van der Waals surface area contributed by atoms with Gasteiger partial charge in [0, 0.05) is 24.0 Å². The van der Waals surface area contributed by atoms with Gasteiger partial charge in [-0.3, -0.25) is 4.79 Å². The summed E-state index contributed by atoms with van der Waals surface area (Å²) in [6, 6.07) is 7.83. The summed E-state index contributed by atoms with van der Waals surface area (Å²) in [7, 11) is 0. The van der Waals surface area contributed by atoms with Gasteiger partial charge in [0.1, 0.15) is 5.75 Å². The third-order valence-corrected chi connectivity index (χ3v) is 4.03. The fourth-order valence-corrected chi connectivity index (χ4v) is 3.01. The molecule has 1 unspecified atom stereocenters. The number of benzene rings is 1. The van der Waals surface area contributed by atoms with Crippen molar-refractivity contribution in [1.29, 1.82) is 0 Å². The summed E-state index contributed by atoms with van der Waals surface area (Å²) in [4.78, 5) is 14.7. The first-order valence-corrected chi connectivity index (χ1v) is 8.29. The van der Waals surface area contributed by atoms with E-state index in [4.69, 9.17) is 16.3 Å². The van der Waals surface area contributed by atoms with Gasteiger partial charge in [0.25, 0.3) is 5.91 Å². The third kappa shape index (κ3) is 4.37. The highest BCUT2D eigenvalue weighted by molar-refractivity contribution is 6.17. The van der Waals surface area contributed by atoms with Gasteiger partial charge in [0.15, 0.2) is 0 Å². The fourth-order valence-electron chi connectivity index (χ4n) is 2.86. The molecule has 1 aromatic rings. The molecule has 0 bridgehead atoms. The Bertz CT molecular complexity index is 476. The molecule has 1 fully saturated rings. The number of carbonyl (C=O) groups excluding carboxylic acids is 1. The maximum atomic E-state index is 12.7. The average Bonchev–Trinajstić information content (AvgIpc) is 2.92. The number of amides is 1. The van der Waals surface area contributed by atoms with Crippen LogP contribution in [0.4, 0.5) is 0 Å². The number of carbonyl (C=O) groups is 1. The quantitative estimate of drug-likeness (QED) is 0.740. The Morgan fingerprint density at radius 2 is 2.29 bits per heavy atom. The van der Waals surface area contributed by atoms with E-state index < -0.39 is 0 Å². The van der Waals surface area contributed by atoms with Crippen LogP contribution in [0.2, 0.25) is 0 Å². The molecular formula is C17H24ClNO2. The van der Waals surface area contributed by atoms with Gasteiger partial charge in [0.05, 0.1) is 6.10 Å². The van der Waals surface area contributed by atoms with Gasteiger partial charge in [-0.05, 0) is 57.7 Å². The van der Waals surface area contributed by atoms with Gasteiger partial charge in [0.2, 0.25) is 0 Å². The molecule has 0 aromatic heterocycles. The fraction of sp³-hybridized carbons (Fsp3) is 0.588. The van der Waals surface area contributed by atoms with E-state index in [9.17, 15) is 4.79 Å². The zero-order valence-corrected chi connectivity index (χ0v) is 13.6. The minimum atomic E-state index is 0.110. The summed E-state index contributed by atoms with van der Waals surface area (Å²) in [5, 5.41) is 0. The van der Waals surface area contributed by atoms with Crippen LogP contribution in [-0.2, 0) is 0 Å². The number of halogens is 1. The molecule has 1 aliphatic heterocycles. The summed E-state index contributed by atoms with van der Waals surface area (Å²) >= 11 is 5.77. The van der Waals surface area contributed by atoms with E-state index in [0.29, 0.717) is 17.5 Å². The monoisotopic (exact) mass is 309 g/mol. The number of likely N-dealkylation sites (tertiary alicyclic amines) is 1. The van der Waals surface area contributed by atoms with E-state index in [1.54, 1.807) is 0 Å². The molecule has 1 atom stereocenters. The zero-order chi connectivity index (χ0) is 15.2. The van der Waals surface area contributed by atoms with Crippen LogP contribution in [0.15, 0.2) is 24.3 Å². The number of alkyl halides is 1. The highest BCUT2D eigenvalue weighted by Crippen LogP contribution is 2.25. The van der Waals surface area contributed by atoms with Crippen LogP contribution in [0.5, 0.6) is 5.75 Å². The van der Waals surface area contributed by atoms with Crippen LogP contribution in [0.25, 0.3) is 0 Å². The first-order chi connectivity index (χ1) is 10.1. The van der Waals surface area contributed by atoms with Gasteiger partial charge >= 0.3 is 0 Å². The molecule has 1 saturated heterocycles. The summed E-state index contributed by atoms with van der Waals surface area (Å²) < 4.78 is 5.67. The summed E-state index contributed by atoms with van der Waals surface area (Å²) in [6.45, 7) is 4.81. The second kappa shape index (κ2) is 7.69. The van der Waals surface area contributed by atoms with Crippen LogP contribution in [0, 0.1) is 0 Å². The Morgan fingerprint density at radius 1 is 1.48 bits per heavy atom. The molecule has 0 aliphatic carbocycles. The van der Waals surface area contributed by atoms with Gasteiger partial charge in [-0.2, -0.15) is 0 Å². The van der Waals surface area contributed by atoms with Gasteiger partial charge in [-0.25, -0.2) is 0 Å². The van der Waals surface area contributed by atoms with Crippen molar-refractivity contribution in [3.05, 3.63) is 29.8 Å². The molecule has 1 aromatic carbocycles. The van der Waals surface area contributed by atoms with Crippen molar-refractivity contribution in [1.82, 2.24) is 4.90 Å². The minimum absolute atomic E-state index is 0.110. The lowest BCUT2D eigenvalue weighted by atomic mass is 10.1. The molecular weight excluding hydrogens is 286 g/mol. The lowest BCUT2D eigenvalue weighted by Gasteiger charge is -2.25. The van der Waals surface area contributed by atoms with Gasteiger partial charge in [-0.1, -0.05) is 6.07 Å². The van der Waals surface area contributed by atoms with E-state index in [1.165, 1.54) is 0 Å². The normalized spacial score (nSPS) is 18.3. The lowest BCUT2D eigenvalue weighted by Crippen LogP contribution is -2.35. The number of rotatable bonds is 6. The van der Waals surface area contributed by atoms with E-state index >= 15 is 0 Å². The van der Waals surface area contributed by atoms with Crippen molar-refractivity contribution in [2.24, 2.45) is 0 Å². The zero-order valence-electron chi connectivity index (χ0n) is 12.8. The van der Waals surface area contributed by atoms with Crippen LogP contribution in [0.3, 0.4) is 0 Å². The maximum Gasteiger partial charge on any atom is 0.254 e. The predicted octanol–water partition coefficient (Wildman–Crippen LogP) is 4.10. The molecule has 4 heteroatoms. The maximum absolute atomic E-state index is 12.7. The highest BCUT2D eigenvalue weighted by atomic mass is 35.5. The van der Waals surface area contributed by atoms with Crippen molar-refractivity contribution >= 4 is 17.5 Å². The number of hydrogen-bond acceptors (Lipinski definition) is 2. The largest absolute Gasteiger partial charge is 0.491 e. The summed E-state index contributed by atoms with van der Waals surface area (Å²) in [5.41, 5.74) is 0.714. The van der Waals surface area contributed by atoms with Crippen LogP contribution in [-0.4, -0.2) is 35.4 Å². The van der Waals surface area contributed by atoms with Crippen LogP contribution >= 0.6 is 11.6 Å². The minimum Gasteiger partial charge on any atom is -0.491 e. The number of hydrogen-bond donors (Lipinski definition) is 0. The molecule has 1 heterocycles. The van der Waals surface area contributed by atoms with Crippen molar-refractivity contribution in [3.8, 4) is 5.75 Å². The standard InChI is InChI=1S/C17H24ClNO2/c1-13(2)21-16-9-3-6-14(12-16)17(20)19-11-5-8-15(19)7-4-10-18/h3,6,9,12-13,15H,4-5,7-8,10-11H2,1-2H3. The Labute approximate surface area is 132 Å². The van der Waals surface area contributed by atoms with E-state index in [2.05, 4.69) is 0 Å². The molecule has 116 valence electrons. The van der Waals surface area contributed by atoms with Crippen molar-refractivity contribution in [2.75, 3.05) is 12.4 Å². The highest BCUT2D eigenvalue weighted by Gasteiger charge is 2.28. The SMILES string of the molecule is CC(C)Oc1cccc(C(=O)N2CCCC2CCCCl)c1. The summed E-state index contributed by atoms with van der Waals surface area (Å²) in [5.74, 6) is 1.53. The van der Waals surface area contributed by atoms with Gasteiger partial charge < -0.3 is 9.64 Å². The molecule has 2 rings (SSSR count). The van der Waals surface area contributed by atoms with E-state index in [0.717, 1.165) is 38.0 Å². The van der Waals surface area contributed by atoms with Crippen LogP contribution in [0.1, 0.15) is 49.9 Å². The smallest absolute Gasteiger partial charge is 0.254 e. The lowest BCUT2D eigenvalue weighted by molar-refractivity contribution is 0.0729. The first-order valence-electron chi connectivity index (χ1n) is 7.75.